The summed E-state index contributed by atoms with van der Waals surface area (Å²) >= 11 is 0. The number of oxime groups is 1. The predicted molar refractivity (Wildman–Crippen MR) is 119 cm³/mol. The molecule has 1 N–H and O–H groups in total. The van der Waals surface area contributed by atoms with E-state index in [1.807, 2.05) is 23.9 Å². The van der Waals surface area contributed by atoms with Crippen LogP contribution in [-0.2, 0) is 22.7 Å². The van der Waals surface area contributed by atoms with Crippen molar-refractivity contribution in [2.24, 2.45) is 10.6 Å². The van der Waals surface area contributed by atoms with Gasteiger partial charge in [0.05, 0.1) is 23.4 Å². The van der Waals surface area contributed by atoms with Crippen molar-refractivity contribution >= 4 is 11.7 Å². The number of piperidine rings is 1. The highest BCUT2D eigenvalue weighted by Crippen LogP contribution is 2.39. The second kappa shape index (κ2) is 9.24. The lowest BCUT2D eigenvalue weighted by Gasteiger charge is -2.39. The Hall–Kier alpha value is -3.00. The number of hydrogen-bond acceptors (Lipinski definition) is 5. The Labute approximate surface area is 187 Å². The van der Waals surface area contributed by atoms with Crippen LogP contribution in [0.25, 0.3) is 0 Å². The molecular weight excluding hydrogens is 411 g/mol. The van der Waals surface area contributed by atoms with Crippen LogP contribution in [0.1, 0.15) is 42.5 Å². The topological polar surface area (TPSA) is 80.0 Å². The maximum absolute atomic E-state index is 14.1. The van der Waals surface area contributed by atoms with E-state index in [0.717, 1.165) is 17.8 Å². The van der Waals surface area contributed by atoms with Crippen LogP contribution in [0.5, 0.6) is 0 Å². The van der Waals surface area contributed by atoms with Gasteiger partial charge in [-0.2, -0.15) is 5.10 Å². The molecule has 1 unspecified atom stereocenters. The fourth-order valence-electron chi connectivity index (χ4n) is 4.65. The maximum atomic E-state index is 14.1. The summed E-state index contributed by atoms with van der Waals surface area (Å²) < 4.78 is 15.9. The summed E-state index contributed by atoms with van der Waals surface area (Å²) in [6, 6.07) is 6.45. The Morgan fingerprint density at radius 1 is 1.38 bits per heavy atom. The minimum absolute atomic E-state index is 0.344. The van der Waals surface area contributed by atoms with Gasteiger partial charge in [0.15, 0.2) is 0 Å². The summed E-state index contributed by atoms with van der Waals surface area (Å²) in [4.78, 5) is 20.1. The molecule has 0 saturated carbocycles. The average Bonchev–Trinajstić information content (AvgIpc) is 3.36. The van der Waals surface area contributed by atoms with Crippen molar-refractivity contribution in [2.75, 3.05) is 13.1 Å². The summed E-state index contributed by atoms with van der Waals surface area (Å²) in [6.07, 6.45) is 5.35. The molecule has 4 rings (SSSR count). The number of hydrogen-bond donors (Lipinski definition) is 1. The molecule has 2 aromatic rings. The lowest BCUT2D eigenvalue weighted by atomic mass is 9.73. The van der Waals surface area contributed by atoms with Gasteiger partial charge in [0.2, 0.25) is 0 Å². The van der Waals surface area contributed by atoms with Crippen molar-refractivity contribution in [3.8, 4) is 0 Å². The van der Waals surface area contributed by atoms with E-state index >= 15 is 0 Å². The summed E-state index contributed by atoms with van der Waals surface area (Å²) in [5.74, 6) is -1.14. The van der Waals surface area contributed by atoms with E-state index in [0.29, 0.717) is 56.6 Å². The molecule has 1 atom stereocenters. The Morgan fingerprint density at radius 3 is 2.81 bits per heavy atom. The lowest BCUT2D eigenvalue weighted by molar-refractivity contribution is -0.155. The molecule has 2 aliphatic heterocycles. The first-order valence-electron chi connectivity index (χ1n) is 11.0. The molecule has 32 heavy (non-hydrogen) atoms. The van der Waals surface area contributed by atoms with Crippen molar-refractivity contribution in [3.63, 3.8) is 0 Å². The first kappa shape index (κ1) is 22.2. The molecule has 8 heteroatoms. The number of aryl methyl sites for hydroxylation is 1. The van der Waals surface area contributed by atoms with Crippen molar-refractivity contribution in [2.45, 2.75) is 51.8 Å². The minimum Gasteiger partial charge on any atom is -0.481 e. The smallest absolute Gasteiger partial charge is 0.309 e. The SMILES string of the molecule is C=CCn1cc(CN2CCC(CC3CC(c4ccccc4F)=NO3)(C(=O)O)CC2)c(C)n1. The van der Waals surface area contributed by atoms with Crippen molar-refractivity contribution < 1.29 is 19.1 Å². The molecule has 1 aromatic heterocycles. The van der Waals surface area contributed by atoms with Crippen molar-refractivity contribution in [1.82, 2.24) is 14.7 Å². The third kappa shape index (κ3) is 4.60. The van der Waals surface area contributed by atoms with E-state index in [1.165, 1.54) is 6.07 Å². The summed E-state index contributed by atoms with van der Waals surface area (Å²) in [5, 5.41) is 18.6. The molecule has 0 radical (unpaired) electrons. The maximum Gasteiger partial charge on any atom is 0.309 e. The average molecular weight is 441 g/mol. The van der Waals surface area contributed by atoms with Crippen molar-refractivity contribution in [3.05, 3.63) is 65.8 Å². The zero-order valence-electron chi connectivity index (χ0n) is 18.3. The standard InChI is InChI=1S/C24H29FN4O3/c1-3-10-29-16-18(17(2)26-29)15-28-11-8-24(9-12-28,23(30)31)14-19-13-22(27-32-19)20-6-4-5-7-21(20)25/h3-7,16,19H,1,8-15H2,2H3,(H,30,31). The fourth-order valence-corrected chi connectivity index (χ4v) is 4.65. The van der Waals surface area contributed by atoms with E-state index in [-0.39, 0.29) is 11.9 Å². The fraction of sp³-hybridized carbons (Fsp3) is 0.458. The first-order chi connectivity index (χ1) is 15.4. The number of aliphatic carboxylic acids is 1. The Kier molecular flexibility index (Phi) is 6.41. The molecule has 7 nitrogen and oxygen atoms in total. The van der Waals surface area contributed by atoms with Crippen LogP contribution in [0, 0.1) is 18.2 Å². The number of carbonyl (C=O) groups is 1. The number of benzene rings is 1. The van der Waals surface area contributed by atoms with Gasteiger partial charge in [-0.25, -0.2) is 4.39 Å². The van der Waals surface area contributed by atoms with Gasteiger partial charge in [-0.15, -0.1) is 6.58 Å². The quantitative estimate of drug-likeness (QED) is 0.632. The zero-order valence-corrected chi connectivity index (χ0v) is 18.3. The van der Waals surface area contributed by atoms with Crippen LogP contribution in [0.15, 0.2) is 48.3 Å². The molecule has 3 heterocycles. The number of aromatic nitrogens is 2. The van der Waals surface area contributed by atoms with E-state index in [9.17, 15) is 14.3 Å². The number of carboxylic acid groups (broad SMARTS) is 1. The second-order valence-corrected chi connectivity index (χ2v) is 8.77. The Bertz CT molecular complexity index is 1020. The van der Waals surface area contributed by atoms with Crippen LogP contribution < -0.4 is 0 Å². The van der Waals surface area contributed by atoms with E-state index in [2.05, 4.69) is 21.7 Å². The normalized spacial score (nSPS) is 20.6. The summed E-state index contributed by atoms with van der Waals surface area (Å²) in [5.41, 5.74) is 2.24. The summed E-state index contributed by atoms with van der Waals surface area (Å²) in [7, 11) is 0. The third-order valence-electron chi connectivity index (χ3n) is 6.56. The van der Waals surface area contributed by atoms with Crippen LogP contribution >= 0.6 is 0 Å². The van der Waals surface area contributed by atoms with Gasteiger partial charge in [-0.05, 0) is 38.9 Å². The number of likely N-dealkylation sites (tertiary alicyclic amines) is 1. The van der Waals surface area contributed by atoms with E-state index < -0.39 is 11.4 Å². The largest absolute Gasteiger partial charge is 0.481 e. The van der Waals surface area contributed by atoms with E-state index in [4.69, 9.17) is 4.84 Å². The highest BCUT2D eigenvalue weighted by Gasteiger charge is 2.45. The van der Waals surface area contributed by atoms with Gasteiger partial charge in [0.1, 0.15) is 11.9 Å². The lowest BCUT2D eigenvalue weighted by Crippen LogP contribution is -2.45. The molecule has 0 aliphatic carbocycles. The molecule has 2 aliphatic rings. The molecule has 0 bridgehead atoms. The van der Waals surface area contributed by atoms with Crippen molar-refractivity contribution in [1.29, 1.82) is 0 Å². The van der Waals surface area contributed by atoms with Crippen LogP contribution in [0.2, 0.25) is 0 Å². The highest BCUT2D eigenvalue weighted by atomic mass is 19.1. The van der Waals surface area contributed by atoms with Gasteiger partial charge in [0.25, 0.3) is 0 Å². The minimum atomic E-state index is -0.858. The summed E-state index contributed by atoms with van der Waals surface area (Å²) in [6.45, 7) is 8.53. The molecule has 0 spiro atoms. The zero-order chi connectivity index (χ0) is 22.7. The van der Waals surface area contributed by atoms with Crippen LogP contribution in [0.4, 0.5) is 4.39 Å². The second-order valence-electron chi connectivity index (χ2n) is 8.77. The number of halogens is 1. The molecule has 170 valence electrons. The van der Waals surface area contributed by atoms with Gasteiger partial charge in [-0.1, -0.05) is 29.4 Å². The molecular formula is C24H29FN4O3. The third-order valence-corrected chi connectivity index (χ3v) is 6.56. The Balaban J connectivity index is 1.36. The van der Waals surface area contributed by atoms with Crippen LogP contribution in [0.3, 0.4) is 0 Å². The monoisotopic (exact) mass is 440 g/mol. The van der Waals surface area contributed by atoms with Gasteiger partial charge < -0.3 is 9.94 Å². The molecule has 1 fully saturated rings. The van der Waals surface area contributed by atoms with Gasteiger partial charge in [0, 0.05) is 36.7 Å². The molecule has 0 amide bonds. The number of allylic oxidation sites excluding steroid dienone is 1. The van der Waals surface area contributed by atoms with Gasteiger partial charge >= 0.3 is 5.97 Å². The number of nitrogens with zero attached hydrogens (tertiary/aromatic N) is 4. The highest BCUT2D eigenvalue weighted by molar-refractivity contribution is 6.01. The molecule has 1 aromatic carbocycles. The Morgan fingerprint density at radius 2 is 2.12 bits per heavy atom. The van der Waals surface area contributed by atoms with E-state index in [1.54, 1.807) is 18.2 Å². The predicted octanol–water partition coefficient (Wildman–Crippen LogP) is 3.77. The number of rotatable bonds is 8. The first-order valence-corrected chi connectivity index (χ1v) is 11.0. The number of carboxylic acids is 1. The van der Waals surface area contributed by atoms with Gasteiger partial charge in [-0.3, -0.25) is 14.4 Å². The van der Waals surface area contributed by atoms with Crippen LogP contribution in [-0.4, -0.2) is 50.7 Å². The molecule has 1 saturated heterocycles.